The van der Waals surface area contributed by atoms with Crippen molar-refractivity contribution in [1.82, 2.24) is 15.5 Å². The number of nitrogens with zero attached hydrogens (tertiary/aromatic N) is 1. The Labute approximate surface area is 187 Å². The molecule has 1 atom stereocenters. The summed E-state index contributed by atoms with van der Waals surface area (Å²) in [7, 11) is 0. The van der Waals surface area contributed by atoms with E-state index in [0.717, 1.165) is 38.5 Å². The van der Waals surface area contributed by atoms with Crippen LogP contribution in [0.4, 0.5) is 0 Å². The van der Waals surface area contributed by atoms with Crippen molar-refractivity contribution in [2.75, 3.05) is 13.1 Å². The van der Waals surface area contributed by atoms with Gasteiger partial charge in [-0.05, 0) is 42.8 Å². The molecule has 2 aromatic rings. The number of furan rings is 1. The topological polar surface area (TPSA) is 91.7 Å². The number of nitrogens with one attached hydrogen (secondary N) is 2. The van der Waals surface area contributed by atoms with Crippen LogP contribution < -0.4 is 10.6 Å². The summed E-state index contributed by atoms with van der Waals surface area (Å²) < 4.78 is 5.56. The fourth-order valence-corrected chi connectivity index (χ4v) is 4.52. The third-order valence-electron chi connectivity index (χ3n) is 5.54. The van der Waals surface area contributed by atoms with Gasteiger partial charge in [-0.25, -0.2) is 0 Å². The number of hydrogen-bond acceptors (Lipinski definition) is 5. The van der Waals surface area contributed by atoms with Gasteiger partial charge in [-0.15, -0.1) is 11.3 Å². The Kier molecular flexibility index (Phi) is 8.70. The SMILES string of the molecule is CCCCN(C(=O)CNC(=O)c1cccs1)C(C(=O)NC1CCCCC1)c1ccco1. The van der Waals surface area contributed by atoms with Crippen molar-refractivity contribution in [3.05, 3.63) is 46.5 Å². The van der Waals surface area contributed by atoms with Gasteiger partial charge in [-0.2, -0.15) is 0 Å². The molecule has 31 heavy (non-hydrogen) atoms. The number of carbonyl (C=O) groups excluding carboxylic acids is 3. The number of thiophene rings is 1. The largest absolute Gasteiger partial charge is 0.467 e. The number of hydrogen-bond donors (Lipinski definition) is 2. The maximum atomic E-state index is 13.3. The minimum atomic E-state index is -0.852. The molecule has 1 aliphatic carbocycles. The lowest BCUT2D eigenvalue weighted by molar-refractivity contribution is -0.141. The number of unbranched alkanes of at least 4 members (excludes halogenated alkanes) is 1. The van der Waals surface area contributed by atoms with Gasteiger partial charge in [0.05, 0.1) is 17.7 Å². The first-order valence-corrected chi connectivity index (χ1v) is 11.9. The highest BCUT2D eigenvalue weighted by atomic mass is 32.1. The Morgan fingerprint density at radius 2 is 2.00 bits per heavy atom. The molecule has 8 heteroatoms. The minimum Gasteiger partial charge on any atom is -0.467 e. The van der Waals surface area contributed by atoms with Gasteiger partial charge in [0, 0.05) is 12.6 Å². The summed E-state index contributed by atoms with van der Waals surface area (Å²) in [4.78, 5) is 40.8. The van der Waals surface area contributed by atoms with Crippen molar-refractivity contribution in [2.24, 2.45) is 0 Å². The van der Waals surface area contributed by atoms with E-state index in [1.807, 2.05) is 12.3 Å². The van der Waals surface area contributed by atoms with Gasteiger partial charge in [-0.1, -0.05) is 38.7 Å². The van der Waals surface area contributed by atoms with E-state index in [4.69, 9.17) is 4.42 Å². The van der Waals surface area contributed by atoms with E-state index in [1.54, 1.807) is 24.3 Å². The molecule has 0 bridgehead atoms. The second kappa shape index (κ2) is 11.7. The summed E-state index contributed by atoms with van der Waals surface area (Å²) in [6, 6.07) is 6.22. The minimum absolute atomic E-state index is 0.125. The molecule has 7 nitrogen and oxygen atoms in total. The fourth-order valence-electron chi connectivity index (χ4n) is 3.88. The molecule has 2 heterocycles. The third kappa shape index (κ3) is 6.43. The fraction of sp³-hybridized carbons (Fsp3) is 0.522. The zero-order valence-corrected chi connectivity index (χ0v) is 18.8. The van der Waals surface area contributed by atoms with Crippen LogP contribution in [0.5, 0.6) is 0 Å². The Balaban J connectivity index is 1.74. The standard InChI is InChI=1S/C23H31N3O4S/c1-2-3-13-26(20(27)16-24-22(28)19-12-8-15-31-19)21(18-11-7-14-30-18)23(29)25-17-9-5-4-6-10-17/h7-8,11-12,14-15,17,21H,2-6,9-10,13,16H2,1H3,(H,24,28)(H,25,29). The van der Waals surface area contributed by atoms with E-state index < -0.39 is 6.04 Å². The number of amides is 3. The average molecular weight is 446 g/mol. The molecule has 0 radical (unpaired) electrons. The summed E-state index contributed by atoms with van der Waals surface area (Å²) in [5.74, 6) is -0.392. The molecule has 168 valence electrons. The molecule has 2 aromatic heterocycles. The van der Waals surface area contributed by atoms with Crippen LogP contribution in [0.3, 0.4) is 0 Å². The van der Waals surface area contributed by atoms with Crippen LogP contribution in [0, 0.1) is 0 Å². The number of carbonyl (C=O) groups is 3. The molecule has 0 saturated heterocycles. The highest BCUT2D eigenvalue weighted by Crippen LogP contribution is 2.25. The normalized spacial score (nSPS) is 15.3. The smallest absolute Gasteiger partial charge is 0.261 e. The predicted octanol–water partition coefficient (Wildman–Crippen LogP) is 3.89. The van der Waals surface area contributed by atoms with E-state index >= 15 is 0 Å². The van der Waals surface area contributed by atoms with Crippen LogP contribution in [0.2, 0.25) is 0 Å². The zero-order chi connectivity index (χ0) is 22.1. The van der Waals surface area contributed by atoms with Crippen molar-refractivity contribution in [1.29, 1.82) is 0 Å². The van der Waals surface area contributed by atoms with Crippen LogP contribution in [-0.4, -0.2) is 41.8 Å². The van der Waals surface area contributed by atoms with Crippen LogP contribution >= 0.6 is 11.3 Å². The van der Waals surface area contributed by atoms with E-state index in [9.17, 15) is 14.4 Å². The molecule has 0 aliphatic heterocycles. The highest BCUT2D eigenvalue weighted by molar-refractivity contribution is 7.12. The van der Waals surface area contributed by atoms with Crippen molar-refractivity contribution in [2.45, 2.75) is 64.0 Å². The van der Waals surface area contributed by atoms with E-state index in [1.165, 1.54) is 28.9 Å². The number of rotatable bonds is 10. The summed E-state index contributed by atoms with van der Waals surface area (Å²) in [6.45, 7) is 2.27. The van der Waals surface area contributed by atoms with E-state index in [0.29, 0.717) is 17.2 Å². The Morgan fingerprint density at radius 3 is 2.65 bits per heavy atom. The van der Waals surface area contributed by atoms with Crippen molar-refractivity contribution in [3.8, 4) is 0 Å². The Hall–Kier alpha value is -2.61. The van der Waals surface area contributed by atoms with Crippen LogP contribution in [-0.2, 0) is 9.59 Å². The molecule has 1 saturated carbocycles. The highest BCUT2D eigenvalue weighted by Gasteiger charge is 2.34. The lowest BCUT2D eigenvalue weighted by atomic mass is 9.95. The second-order valence-corrected chi connectivity index (χ2v) is 8.81. The third-order valence-corrected chi connectivity index (χ3v) is 6.41. The zero-order valence-electron chi connectivity index (χ0n) is 18.0. The molecular weight excluding hydrogens is 414 g/mol. The van der Waals surface area contributed by atoms with Gasteiger partial charge in [0.2, 0.25) is 5.91 Å². The quantitative estimate of drug-likeness (QED) is 0.580. The van der Waals surface area contributed by atoms with Gasteiger partial charge in [0.1, 0.15) is 5.76 Å². The molecule has 2 N–H and O–H groups in total. The first-order valence-electron chi connectivity index (χ1n) is 11.0. The Morgan fingerprint density at radius 1 is 1.19 bits per heavy atom. The van der Waals surface area contributed by atoms with Gasteiger partial charge in [-0.3, -0.25) is 14.4 Å². The lowest BCUT2D eigenvalue weighted by Gasteiger charge is -2.32. The summed E-state index contributed by atoms with van der Waals surface area (Å²) >= 11 is 1.32. The Bertz CT molecular complexity index is 829. The first-order chi connectivity index (χ1) is 15.1. The molecular formula is C23H31N3O4S. The summed E-state index contributed by atoms with van der Waals surface area (Å²) in [6.07, 6.45) is 8.44. The average Bonchev–Trinajstić information content (AvgIpc) is 3.50. The predicted molar refractivity (Wildman–Crippen MR) is 120 cm³/mol. The van der Waals surface area contributed by atoms with E-state index in [-0.39, 0.29) is 30.3 Å². The molecule has 1 fully saturated rings. The monoisotopic (exact) mass is 445 g/mol. The maximum Gasteiger partial charge on any atom is 0.261 e. The molecule has 3 amide bonds. The molecule has 0 spiro atoms. The molecule has 1 unspecified atom stereocenters. The van der Waals surface area contributed by atoms with Crippen LogP contribution in [0.15, 0.2) is 40.3 Å². The van der Waals surface area contributed by atoms with Crippen LogP contribution in [0.25, 0.3) is 0 Å². The van der Waals surface area contributed by atoms with Gasteiger partial charge >= 0.3 is 0 Å². The van der Waals surface area contributed by atoms with Crippen molar-refractivity contribution < 1.29 is 18.8 Å². The van der Waals surface area contributed by atoms with Gasteiger partial charge in [0.25, 0.3) is 11.8 Å². The van der Waals surface area contributed by atoms with Crippen molar-refractivity contribution >= 4 is 29.1 Å². The molecule has 0 aromatic carbocycles. The van der Waals surface area contributed by atoms with Gasteiger partial charge in [0.15, 0.2) is 6.04 Å². The lowest BCUT2D eigenvalue weighted by Crippen LogP contribution is -2.49. The van der Waals surface area contributed by atoms with Crippen molar-refractivity contribution in [3.63, 3.8) is 0 Å². The van der Waals surface area contributed by atoms with Crippen LogP contribution in [0.1, 0.15) is 73.3 Å². The molecule has 1 aliphatic rings. The van der Waals surface area contributed by atoms with E-state index in [2.05, 4.69) is 10.6 Å². The second-order valence-electron chi connectivity index (χ2n) is 7.86. The maximum absolute atomic E-state index is 13.3. The summed E-state index contributed by atoms with van der Waals surface area (Å²) in [5, 5.41) is 7.62. The first kappa shape index (κ1) is 23.1. The summed E-state index contributed by atoms with van der Waals surface area (Å²) in [5.41, 5.74) is 0. The van der Waals surface area contributed by atoms with Gasteiger partial charge < -0.3 is 20.0 Å². The molecule has 3 rings (SSSR count).